The third-order valence-corrected chi connectivity index (χ3v) is 3.70. The molecule has 1 aromatic rings. The fraction of sp³-hybridized carbons (Fsp3) is 0.533. The molecular weight excluding hydrogens is 258 g/mol. The normalized spacial score (nSPS) is 15.6. The molecule has 2 rings (SSSR count). The molecule has 0 bridgehead atoms. The van der Waals surface area contributed by atoms with Gasteiger partial charge >= 0.3 is 0 Å². The van der Waals surface area contributed by atoms with Crippen molar-refractivity contribution in [3.8, 4) is 17.2 Å². The van der Waals surface area contributed by atoms with Crippen molar-refractivity contribution in [3.05, 3.63) is 17.7 Å². The molecule has 1 atom stereocenters. The Morgan fingerprint density at radius 2 is 1.75 bits per heavy atom. The lowest BCUT2D eigenvalue weighted by molar-refractivity contribution is -0.119. The van der Waals surface area contributed by atoms with E-state index in [2.05, 4.69) is 0 Å². The molecule has 1 aliphatic carbocycles. The predicted octanol–water partition coefficient (Wildman–Crippen LogP) is 2.08. The number of hydrogen-bond donors (Lipinski definition) is 1. The summed E-state index contributed by atoms with van der Waals surface area (Å²) in [5.41, 5.74) is 6.37. The summed E-state index contributed by atoms with van der Waals surface area (Å²) in [5.74, 6) is 1.59. The van der Waals surface area contributed by atoms with Gasteiger partial charge in [-0.05, 0) is 30.0 Å². The van der Waals surface area contributed by atoms with Gasteiger partial charge in [0.2, 0.25) is 11.7 Å². The molecule has 1 aromatic carbocycles. The number of hydrogen-bond acceptors (Lipinski definition) is 4. The van der Waals surface area contributed by atoms with Crippen LogP contribution in [-0.4, -0.2) is 27.2 Å². The van der Waals surface area contributed by atoms with Crippen molar-refractivity contribution >= 4 is 5.91 Å². The molecule has 1 amide bonds. The molecule has 0 saturated heterocycles. The number of methoxy groups -OCH3 is 3. The minimum Gasteiger partial charge on any atom is -0.493 e. The molecule has 1 unspecified atom stereocenters. The van der Waals surface area contributed by atoms with Crippen LogP contribution in [0, 0.1) is 5.92 Å². The van der Waals surface area contributed by atoms with Gasteiger partial charge < -0.3 is 19.9 Å². The Labute approximate surface area is 119 Å². The highest BCUT2D eigenvalue weighted by molar-refractivity contribution is 5.82. The minimum absolute atomic E-state index is 0.309. The summed E-state index contributed by atoms with van der Waals surface area (Å²) in [6.45, 7) is 0. The maximum atomic E-state index is 11.7. The number of carbonyl (C=O) groups is 1. The summed E-state index contributed by atoms with van der Waals surface area (Å²) in [7, 11) is 4.66. The van der Waals surface area contributed by atoms with Gasteiger partial charge in [0, 0.05) is 0 Å². The largest absolute Gasteiger partial charge is 0.493 e. The second-order valence-corrected chi connectivity index (χ2v) is 5.09. The van der Waals surface area contributed by atoms with Crippen molar-refractivity contribution < 1.29 is 19.0 Å². The average molecular weight is 279 g/mol. The van der Waals surface area contributed by atoms with Crippen LogP contribution in [0.15, 0.2) is 12.1 Å². The van der Waals surface area contributed by atoms with E-state index in [1.54, 1.807) is 33.5 Å². The van der Waals surface area contributed by atoms with E-state index in [0.717, 1.165) is 12.0 Å². The van der Waals surface area contributed by atoms with E-state index in [9.17, 15) is 4.79 Å². The van der Waals surface area contributed by atoms with Crippen LogP contribution in [0.4, 0.5) is 0 Å². The van der Waals surface area contributed by atoms with Crippen molar-refractivity contribution in [2.75, 3.05) is 21.3 Å². The number of primary amides is 1. The quantitative estimate of drug-likeness (QED) is 0.829. The van der Waals surface area contributed by atoms with Crippen molar-refractivity contribution in [1.29, 1.82) is 0 Å². The summed E-state index contributed by atoms with van der Waals surface area (Å²) >= 11 is 0. The lowest BCUT2D eigenvalue weighted by Gasteiger charge is -2.18. The van der Waals surface area contributed by atoms with Gasteiger partial charge in [0.1, 0.15) is 0 Å². The number of carbonyl (C=O) groups excluding carboxylic acids is 1. The van der Waals surface area contributed by atoms with Crippen LogP contribution in [0.3, 0.4) is 0 Å². The Kier molecular flexibility index (Phi) is 4.37. The molecule has 5 heteroatoms. The SMILES string of the molecule is COc1cc(C(CC2CC2)C(N)=O)cc(OC)c1OC. The van der Waals surface area contributed by atoms with Gasteiger partial charge in [-0.15, -0.1) is 0 Å². The smallest absolute Gasteiger partial charge is 0.224 e. The molecule has 5 nitrogen and oxygen atoms in total. The maximum Gasteiger partial charge on any atom is 0.224 e. The van der Waals surface area contributed by atoms with Gasteiger partial charge in [0.05, 0.1) is 27.2 Å². The van der Waals surface area contributed by atoms with Gasteiger partial charge in [-0.2, -0.15) is 0 Å². The molecule has 20 heavy (non-hydrogen) atoms. The molecule has 1 aliphatic rings. The third-order valence-electron chi connectivity index (χ3n) is 3.70. The summed E-state index contributed by atoms with van der Waals surface area (Å²) in [5, 5.41) is 0. The van der Waals surface area contributed by atoms with Gasteiger partial charge in [-0.25, -0.2) is 0 Å². The van der Waals surface area contributed by atoms with Crippen LogP contribution in [-0.2, 0) is 4.79 Å². The fourth-order valence-corrected chi connectivity index (χ4v) is 2.41. The highest BCUT2D eigenvalue weighted by Crippen LogP contribution is 2.43. The number of nitrogens with two attached hydrogens (primary N) is 1. The maximum absolute atomic E-state index is 11.7. The van der Waals surface area contributed by atoms with E-state index >= 15 is 0 Å². The molecule has 0 aliphatic heterocycles. The first-order valence-electron chi connectivity index (χ1n) is 6.69. The molecule has 0 spiro atoms. The zero-order valence-electron chi connectivity index (χ0n) is 12.1. The average Bonchev–Trinajstić information content (AvgIpc) is 3.26. The first kappa shape index (κ1) is 14.5. The van der Waals surface area contributed by atoms with Gasteiger partial charge in [-0.3, -0.25) is 4.79 Å². The van der Waals surface area contributed by atoms with Gasteiger partial charge in [-0.1, -0.05) is 12.8 Å². The zero-order valence-corrected chi connectivity index (χ0v) is 12.1. The second kappa shape index (κ2) is 6.03. The topological polar surface area (TPSA) is 70.8 Å². The van der Waals surface area contributed by atoms with Crippen molar-refractivity contribution in [1.82, 2.24) is 0 Å². The molecule has 2 N–H and O–H groups in total. The zero-order chi connectivity index (χ0) is 14.7. The van der Waals surface area contributed by atoms with E-state index in [1.807, 2.05) is 0 Å². The Morgan fingerprint density at radius 3 is 2.10 bits per heavy atom. The van der Waals surface area contributed by atoms with E-state index < -0.39 is 0 Å². The highest BCUT2D eigenvalue weighted by Gasteiger charge is 2.30. The first-order chi connectivity index (χ1) is 9.60. The van der Waals surface area contributed by atoms with E-state index in [-0.39, 0.29) is 11.8 Å². The monoisotopic (exact) mass is 279 g/mol. The van der Waals surface area contributed by atoms with Crippen molar-refractivity contribution in [2.24, 2.45) is 11.7 Å². The minimum atomic E-state index is -0.314. The highest BCUT2D eigenvalue weighted by atomic mass is 16.5. The van der Waals surface area contributed by atoms with Crippen LogP contribution in [0.1, 0.15) is 30.7 Å². The number of ether oxygens (including phenoxy) is 3. The lowest BCUT2D eigenvalue weighted by atomic mass is 9.92. The molecular formula is C15H21NO4. The van der Waals surface area contributed by atoms with Gasteiger partial charge in [0.15, 0.2) is 11.5 Å². The summed E-state index contributed by atoms with van der Waals surface area (Å²) < 4.78 is 15.9. The molecule has 0 heterocycles. The number of amides is 1. The Hall–Kier alpha value is -1.91. The number of benzene rings is 1. The summed E-state index contributed by atoms with van der Waals surface area (Å²) in [6, 6.07) is 3.61. The Morgan fingerprint density at radius 1 is 1.20 bits per heavy atom. The second-order valence-electron chi connectivity index (χ2n) is 5.09. The van der Waals surface area contributed by atoms with Crippen LogP contribution >= 0.6 is 0 Å². The summed E-state index contributed by atoms with van der Waals surface area (Å²) in [4.78, 5) is 11.7. The van der Waals surface area contributed by atoms with Crippen molar-refractivity contribution in [2.45, 2.75) is 25.2 Å². The van der Waals surface area contributed by atoms with Crippen molar-refractivity contribution in [3.63, 3.8) is 0 Å². The molecule has 1 fully saturated rings. The van der Waals surface area contributed by atoms with Crippen LogP contribution < -0.4 is 19.9 Å². The first-order valence-corrected chi connectivity index (χ1v) is 6.69. The number of rotatable bonds is 7. The van der Waals surface area contributed by atoms with E-state index in [0.29, 0.717) is 23.2 Å². The van der Waals surface area contributed by atoms with Crippen LogP contribution in [0.5, 0.6) is 17.2 Å². The van der Waals surface area contributed by atoms with Crippen LogP contribution in [0.2, 0.25) is 0 Å². The lowest BCUT2D eigenvalue weighted by Crippen LogP contribution is -2.22. The molecule has 0 radical (unpaired) electrons. The van der Waals surface area contributed by atoms with E-state index in [1.165, 1.54) is 12.8 Å². The molecule has 110 valence electrons. The van der Waals surface area contributed by atoms with Gasteiger partial charge in [0.25, 0.3) is 0 Å². The Bertz CT molecular complexity index is 472. The molecule has 0 aromatic heterocycles. The standard InChI is InChI=1S/C15H21NO4/c1-18-12-7-10(8-13(19-2)14(12)20-3)11(15(16)17)6-9-4-5-9/h7-9,11H,4-6H2,1-3H3,(H2,16,17). The predicted molar refractivity (Wildman–Crippen MR) is 75.4 cm³/mol. The fourth-order valence-electron chi connectivity index (χ4n) is 2.41. The molecule has 1 saturated carbocycles. The summed E-state index contributed by atoms with van der Waals surface area (Å²) in [6.07, 6.45) is 3.14. The van der Waals surface area contributed by atoms with E-state index in [4.69, 9.17) is 19.9 Å². The third kappa shape index (κ3) is 2.98. The Balaban J connectivity index is 2.40. The van der Waals surface area contributed by atoms with Crippen LogP contribution in [0.25, 0.3) is 0 Å².